The quantitative estimate of drug-likeness (QED) is 0.537. The normalized spacial score (nSPS) is 10.1. The van der Waals surface area contributed by atoms with Gasteiger partial charge in [-0.2, -0.15) is 20.4 Å². The molecule has 3 aromatic carbocycles. The van der Waals surface area contributed by atoms with Crippen LogP contribution in [0.25, 0.3) is 0 Å². The molecule has 8 heteroatoms. The van der Waals surface area contributed by atoms with Gasteiger partial charge in [0, 0.05) is 0 Å². The van der Waals surface area contributed by atoms with Crippen molar-refractivity contribution in [2.24, 2.45) is 0 Å². The lowest BCUT2D eigenvalue weighted by Gasteiger charge is -2.19. The zero-order chi connectivity index (χ0) is 20.7. The van der Waals surface area contributed by atoms with Crippen LogP contribution in [0.1, 0.15) is 16.7 Å². The first-order chi connectivity index (χ1) is 14.0. The van der Waals surface area contributed by atoms with Gasteiger partial charge in [-0.05, 0) is 72.8 Å². The third-order valence-electron chi connectivity index (χ3n) is 3.60. The van der Waals surface area contributed by atoms with E-state index in [4.69, 9.17) is 29.4 Å². The van der Waals surface area contributed by atoms with Gasteiger partial charge in [0.15, 0.2) is 0 Å². The lowest BCUT2D eigenvalue weighted by atomic mass is 10.2. The Morgan fingerprint density at radius 1 is 0.517 bits per heavy atom. The van der Waals surface area contributed by atoms with Gasteiger partial charge in [-0.3, -0.25) is 0 Å². The Morgan fingerprint density at radius 3 is 0.966 bits per heavy atom. The van der Waals surface area contributed by atoms with E-state index in [1.54, 1.807) is 0 Å². The molecule has 3 aromatic rings. The Bertz CT molecular complexity index is 1020. The average Bonchev–Trinajstić information content (AvgIpc) is 2.75. The fourth-order valence-electron chi connectivity index (χ4n) is 2.21. The first-order valence-electron chi connectivity index (χ1n) is 8.23. The van der Waals surface area contributed by atoms with E-state index in [-0.39, 0.29) is 17.2 Å². The number of phosphoric ester groups is 1. The van der Waals surface area contributed by atoms with Crippen LogP contribution in [0.2, 0.25) is 0 Å². The number of nitrogens with zero attached hydrogens (tertiary/aromatic N) is 3. The Hall–Kier alpha value is -4.24. The summed E-state index contributed by atoms with van der Waals surface area (Å²) in [4.78, 5) is 0. The van der Waals surface area contributed by atoms with Crippen LogP contribution in [0, 0.1) is 34.0 Å². The van der Waals surface area contributed by atoms with E-state index in [9.17, 15) is 4.57 Å². The van der Waals surface area contributed by atoms with Crippen LogP contribution >= 0.6 is 7.82 Å². The summed E-state index contributed by atoms with van der Waals surface area (Å²) in [6.45, 7) is 0. The van der Waals surface area contributed by atoms with Gasteiger partial charge >= 0.3 is 7.82 Å². The fraction of sp³-hybridized carbons (Fsp3) is 0. The lowest BCUT2D eigenvalue weighted by Crippen LogP contribution is -2.07. The summed E-state index contributed by atoms with van der Waals surface area (Å²) in [5, 5.41) is 26.7. The van der Waals surface area contributed by atoms with Crippen molar-refractivity contribution in [1.29, 1.82) is 15.8 Å². The molecule has 0 spiro atoms. The van der Waals surface area contributed by atoms with Gasteiger partial charge in [-0.1, -0.05) is 0 Å². The van der Waals surface area contributed by atoms with Crippen LogP contribution in [0.5, 0.6) is 17.2 Å². The molecule has 0 saturated carbocycles. The molecule has 0 heterocycles. The van der Waals surface area contributed by atoms with Crippen molar-refractivity contribution in [2.75, 3.05) is 0 Å². The SMILES string of the molecule is N#Cc1ccc(OP(=O)(Oc2ccc(C#N)cc2)Oc2ccc(C#N)cc2)cc1. The molecular weight excluding hydrogens is 389 g/mol. The van der Waals surface area contributed by atoms with Crippen LogP contribution in [-0.4, -0.2) is 0 Å². The molecule has 0 atom stereocenters. The van der Waals surface area contributed by atoms with Gasteiger partial charge < -0.3 is 13.6 Å². The summed E-state index contributed by atoms with van der Waals surface area (Å²) in [5.74, 6) is 0.527. The van der Waals surface area contributed by atoms with Gasteiger partial charge in [0.1, 0.15) is 17.2 Å². The summed E-state index contributed by atoms with van der Waals surface area (Å²) < 4.78 is 29.8. The molecule has 0 N–H and O–H groups in total. The van der Waals surface area contributed by atoms with Crippen molar-refractivity contribution >= 4 is 7.82 Å². The topological polar surface area (TPSA) is 116 Å². The van der Waals surface area contributed by atoms with E-state index in [0.717, 1.165) is 0 Å². The van der Waals surface area contributed by atoms with Crippen LogP contribution in [-0.2, 0) is 4.57 Å². The zero-order valence-electron chi connectivity index (χ0n) is 14.9. The molecule has 140 valence electrons. The summed E-state index contributed by atoms with van der Waals surface area (Å²) >= 11 is 0. The van der Waals surface area contributed by atoms with Gasteiger partial charge in [0.2, 0.25) is 0 Å². The molecule has 0 aromatic heterocycles. The van der Waals surface area contributed by atoms with E-state index in [2.05, 4.69) is 0 Å². The minimum atomic E-state index is -4.20. The predicted octanol–water partition coefficient (Wildman–Crippen LogP) is 4.95. The molecule has 0 radical (unpaired) electrons. The van der Waals surface area contributed by atoms with Crippen molar-refractivity contribution in [3.63, 3.8) is 0 Å². The van der Waals surface area contributed by atoms with Crippen molar-refractivity contribution < 1.29 is 18.1 Å². The Kier molecular flexibility index (Phi) is 5.81. The number of hydrogen-bond acceptors (Lipinski definition) is 7. The largest absolute Gasteiger partial charge is 0.647 e. The maximum atomic E-state index is 13.3. The van der Waals surface area contributed by atoms with Crippen molar-refractivity contribution in [2.45, 2.75) is 0 Å². The van der Waals surface area contributed by atoms with Crippen LogP contribution < -0.4 is 13.6 Å². The Labute approximate surface area is 167 Å². The highest BCUT2D eigenvalue weighted by Gasteiger charge is 2.33. The number of phosphoric acid groups is 1. The van der Waals surface area contributed by atoms with Gasteiger partial charge in [0.25, 0.3) is 0 Å². The standard InChI is InChI=1S/C21H12N3O4P/c22-13-16-1-7-19(8-2-16)26-29(25,27-20-9-3-17(14-23)4-10-20)28-21-11-5-18(15-24)6-12-21/h1-12H. The molecule has 29 heavy (non-hydrogen) atoms. The van der Waals surface area contributed by atoms with Gasteiger partial charge in [-0.15, -0.1) is 0 Å². The van der Waals surface area contributed by atoms with Crippen LogP contribution in [0.3, 0.4) is 0 Å². The first-order valence-corrected chi connectivity index (χ1v) is 9.69. The molecular formula is C21H12N3O4P. The molecule has 0 amide bonds. The molecule has 0 unspecified atom stereocenters. The summed E-state index contributed by atoms with van der Waals surface area (Å²) in [6, 6.07) is 23.8. The van der Waals surface area contributed by atoms with Crippen molar-refractivity contribution in [3.8, 4) is 35.5 Å². The average molecular weight is 401 g/mol. The summed E-state index contributed by atoms with van der Waals surface area (Å²) in [6.07, 6.45) is 0. The molecule has 0 saturated heterocycles. The smallest absolute Gasteiger partial charge is 0.386 e. The Balaban J connectivity index is 1.89. The molecule has 0 aliphatic carbocycles. The van der Waals surface area contributed by atoms with E-state index in [1.165, 1.54) is 72.8 Å². The first kappa shape index (κ1) is 19.5. The minimum absolute atomic E-state index is 0.176. The summed E-state index contributed by atoms with van der Waals surface area (Å²) in [5.41, 5.74) is 1.23. The van der Waals surface area contributed by atoms with Gasteiger partial charge in [0.05, 0.1) is 34.9 Å². The second-order valence-electron chi connectivity index (χ2n) is 5.63. The molecule has 0 aliphatic rings. The highest BCUT2D eigenvalue weighted by Crippen LogP contribution is 2.49. The number of benzene rings is 3. The van der Waals surface area contributed by atoms with Crippen LogP contribution in [0.4, 0.5) is 0 Å². The molecule has 3 rings (SSSR count). The minimum Gasteiger partial charge on any atom is -0.386 e. The van der Waals surface area contributed by atoms with E-state index >= 15 is 0 Å². The molecule has 0 aliphatic heterocycles. The van der Waals surface area contributed by atoms with E-state index in [1.807, 2.05) is 18.2 Å². The second-order valence-corrected chi connectivity index (χ2v) is 7.07. The number of rotatable bonds is 6. The van der Waals surface area contributed by atoms with E-state index < -0.39 is 7.82 Å². The maximum absolute atomic E-state index is 13.3. The van der Waals surface area contributed by atoms with E-state index in [0.29, 0.717) is 16.7 Å². The lowest BCUT2D eigenvalue weighted by molar-refractivity contribution is 0.298. The summed E-state index contributed by atoms with van der Waals surface area (Å²) in [7, 11) is -4.20. The number of hydrogen-bond donors (Lipinski definition) is 0. The predicted molar refractivity (Wildman–Crippen MR) is 103 cm³/mol. The Morgan fingerprint density at radius 2 is 0.759 bits per heavy atom. The van der Waals surface area contributed by atoms with Crippen LogP contribution in [0.15, 0.2) is 72.8 Å². The highest BCUT2D eigenvalue weighted by atomic mass is 31.2. The second kappa shape index (κ2) is 8.63. The van der Waals surface area contributed by atoms with Crippen molar-refractivity contribution in [1.82, 2.24) is 0 Å². The monoisotopic (exact) mass is 401 g/mol. The fourth-order valence-corrected chi connectivity index (χ4v) is 3.47. The molecule has 0 bridgehead atoms. The zero-order valence-corrected chi connectivity index (χ0v) is 15.7. The third-order valence-corrected chi connectivity index (χ3v) is 4.91. The molecule has 0 fully saturated rings. The highest BCUT2D eigenvalue weighted by molar-refractivity contribution is 7.49. The van der Waals surface area contributed by atoms with Crippen molar-refractivity contribution in [3.05, 3.63) is 89.5 Å². The number of nitriles is 3. The maximum Gasteiger partial charge on any atom is 0.647 e. The van der Waals surface area contributed by atoms with Gasteiger partial charge in [-0.25, -0.2) is 0 Å². The third kappa shape index (κ3) is 5.15. The molecule has 7 nitrogen and oxygen atoms in total.